The molecule has 0 bridgehead atoms. The maximum Gasteiger partial charge on any atom is 0.251 e. The average Bonchev–Trinajstić information content (AvgIpc) is 3.21. The first kappa shape index (κ1) is 22.0. The molecule has 0 aliphatic heterocycles. The number of carbonyl (C=O) groups excluding carboxylic acids is 1. The van der Waals surface area contributed by atoms with Crippen LogP contribution in [0.25, 0.3) is 0 Å². The number of aliphatic imine (C=N–C) groups is 1. The van der Waals surface area contributed by atoms with Gasteiger partial charge in [0.05, 0.1) is 0 Å². The molecule has 28 heavy (non-hydrogen) atoms. The van der Waals surface area contributed by atoms with Crippen LogP contribution in [-0.2, 0) is 13.0 Å². The molecule has 152 valence electrons. The normalized spacial score (nSPS) is 13.6. The highest BCUT2D eigenvalue weighted by Crippen LogP contribution is 2.13. The van der Waals surface area contributed by atoms with E-state index in [0.29, 0.717) is 18.0 Å². The quantitative estimate of drug-likeness (QED) is 0.443. The van der Waals surface area contributed by atoms with E-state index in [1.165, 1.54) is 4.88 Å². The minimum absolute atomic E-state index is 0.0268. The number of carbonyl (C=O) groups is 1. The lowest BCUT2D eigenvalue weighted by atomic mass is 10.1. The van der Waals surface area contributed by atoms with Crippen molar-refractivity contribution in [3.63, 3.8) is 0 Å². The number of benzene rings is 1. The Labute approximate surface area is 172 Å². The molecule has 0 radical (unpaired) electrons. The molecule has 0 aliphatic carbocycles. The van der Waals surface area contributed by atoms with Gasteiger partial charge in [0.2, 0.25) is 0 Å². The molecule has 5 nitrogen and oxygen atoms in total. The lowest BCUT2D eigenvalue weighted by Gasteiger charge is -2.16. The molecule has 3 N–H and O–H groups in total. The third-order valence-corrected chi connectivity index (χ3v) is 5.51. The summed E-state index contributed by atoms with van der Waals surface area (Å²) in [6.45, 7) is 7.78. The highest BCUT2D eigenvalue weighted by Gasteiger charge is 2.10. The van der Waals surface area contributed by atoms with Crippen LogP contribution in [0.15, 0.2) is 46.8 Å². The third kappa shape index (κ3) is 7.35. The Morgan fingerprint density at radius 1 is 1.18 bits per heavy atom. The van der Waals surface area contributed by atoms with Crippen LogP contribution in [0.1, 0.15) is 48.0 Å². The number of thiophene rings is 1. The molecule has 0 fully saturated rings. The van der Waals surface area contributed by atoms with Crippen molar-refractivity contribution in [2.75, 3.05) is 13.6 Å². The number of nitrogens with zero attached hydrogens (tertiary/aromatic N) is 1. The van der Waals surface area contributed by atoms with Gasteiger partial charge in [-0.05, 0) is 54.8 Å². The third-order valence-electron chi connectivity index (χ3n) is 4.61. The van der Waals surface area contributed by atoms with E-state index in [2.05, 4.69) is 52.3 Å². The summed E-state index contributed by atoms with van der Waals surface area (Å²) >= 11 is 1.80. The van der Waals surface area contributed by atoms with E-state index in [1.807, 2.05) is 31.2 Å². The number of hydrogen-bond acceptors (Lipinski definition) is 3. The molecule has 1 amide bonds. The summed E-state index contributed by atoms with van der Waals surface area (Å²) < 4.78 is 0. The van der Waals surface area contributed by atoms with Gasteiger partial charge in [0.15, 0.2) is 5.96 Å². The van der Waals surface area contributed by atoms with E-state index in [4.69, 9.17) is 0 Å². The molecule has 2 rings (SSSR count). The van der Waals surface area contributed by atoms with Crippen molar-refractivity contribution >= 4 is 23.2 Å². The fourth-order valence-corrected chi connectivity index (χ4v) is 3.62. The zero-order chi connectivity index (χ0) is 20.4. The molecule has 1 aromatic carbocycles. The molecule has 0 aliphatic rings. The Morgan fingerprint density at radius 2 is 2.00 bits per heavy atom. The summed E-state index contributed by atoms with van der Waals surface area (Å²) in [6, 6.07) is 12.2. The van der Waals surface area contributed by atoms with Crippen molar-refractivity contribution < 1.29 is 4.79 Å². The Hall–Kier alpha value is -2.34. The molecule has 2 atom stereocenters. The summed E-state index contributed by atoms with van der Waals surface area (Å²) in [6.07, 6.45) is 1.98. The van der Waals surface area contributed by atoms with Crippen LogP contribution in [0, 0.1) is 5.92 Å². The van der Waals surface area contributed by atoms with E-state index < -0.39 is 0 Å². The van der Waals surface area contributed by atoms with Crippen LogP contribution >= 0.6 is 11.3 Å². The summed E-state index contributed by atoms with van der Waals surface area (Å²) in [4.78, 5) is 18.0. The molecule has 2 unspecified atom stereocenters. The molecule has 0 spiro atoms. The molecule has 6 heteroatoms. The maximum atomic E-state index is 12.3. The largest absolute Gasteiger partial charge is 0.356 e. The van der Waals surface area contributed by atoms with Crippen LogP contribution < -0.4 is 16.0 Å². The predicted octanol–water partition coefficient (Wildman–Crippen LogP) is 3.82. The van der Waals surface area contributed by atoms with E-state index >= 15 is 0 Å². The predicted molar refractivity (Wildman–Crippen MR) is 119 cm³/mol. The van der Waals surface area contributed by atoms with Gasteiger partial charge in [0.1, 0.15) is 0 Å². The molecule has 1 heterocycles. The average molecular weight is 401 g/mol. The van der Waals surface area contributed by atoms with E-state index in [-0.39, 0.29) is 11.9 Å². The number of nitrogens with one attached hydrogen (secondary N) is 3. The SMILES string of the molecule is CCC(C)NC(=O)c1cccc(CNC(=NC)NCC(C)Cc2cccs2)c1. The van der Waals surface area contributed by atoms with E-state index in [1.54, 1.807) is 18.4 Å². The Bertz CT molecular complexity index is 758. The van der Waals surface area contributed by atoms with Gasteiger partial charge in [-0.2, -0.15) is 0 Å². The van der Waals surface area contributed by atoms with Gasteiger partial charge >= 0.3 is 0 Å². The molecule has 2 aromatic rings. The summed E-state index contributed by atoms with van der Waals surface area (Å²) in [5.74, 6) is 1.26. The van der Waals surface area contributed by atoms with Crippen LogP contribution in [0.4, 0.5) is 0 Å². The van der Waals surface area contributed by atoms with Gasteiger partial charge in [-0.1, -0.05) is 32.0 Å². The van der Waals surface area contributed by atoms with Gasteiger partial charge in [0, 0.05) is 36.6 Å². The molecular formula is C22H32N4OS. The number of amides is 1. The lowest BCUT2D eigenvalue weighted by Crippen LogP contribution is -2.39. The highest BCUT2D eigenvalue weighted by molar-refractivity contribution is 7.09. The first-order chi connectivity index (χ1) is 13.5. The smallest absolute Gasteiger partial charge is 0.251 e. The topological polar surface area (TPSA) is 65.5 Å². The minimum atomic E-state index is -0.0268. The second kappa shape index (κ2) is 11.5. The van der Waals surface area contributed by atoms with Crippen LogP contribution in [-0.4, -0.2) is 31.5 Å². The summed E-state index contributed by atoms with van der Waals surface area (Å²) in [5, 5.41) is 11.8. The molecule has 1 aromatic heterocycles. The van der Waals surface area contributed by atoms with Gasteiger partial charge in [-0.3, -0.25) is 9.79 Å². The monoisotopic (exact) mass is 400 g/mol. The first-order valence-electron chi connectivity index (χ1n) is 9.88. The summed E-state index contributed by atoms with van der Waals surface area (Å²) in [5.41, 5.74) is 1.73. The second-order valence-corrected chi connectivity index (χ2v) is 8.21. The number of rotatable bonds is 9. The van der Waals surface area contributed by atoms with Gasteiger partial charge in [-0.15, -0.1) is 11.3 Å². The van der Waals surface area contributed by atoms with Crippen molar-refractivity contribution in [1.82, 2.24) is 16.0 Å². The molecule has 0 saturated heterocycles. The number of guanidine groups is 1. The van der Waals surface area contributed by atoms with Crippen LogP contribution in [0.5, 0.6) is 0 Å². The Balaban J connectivity index is 1.82. The molecular weight excluding hydrogens is 368 g/mol. The Morgan fingerprint density at radius 3 is 2.68 bits per heavy atom. The second-order valence-electron chi connectivity index (χ2n) is 7.18. The van der Waals surface area contributed by atoms with Crippen molar-refractivity contribution in [3.8, 4) is 0 Å². The van der Waals surface area contributed by atoms with E-state index in [9.17, 15) is 4.79 Å². The first-order valence-corrected chi connectivity index (χ1v) is 10.8. The van der Waals surface area contributed by atoms with E-state index in [0.717, 1.165) is 30.9 Å². The number of hydrogen-bond donors (Lipinski definition) is 3. The van der Waals surface area contributed by atoms with Crippen molar-refractivity contribution in [2.24, 2.45) is 10.9 Å². The fraction of sp³-hybridized carbons (Fsp3) is 0.455. The maximum absolute atomic E-state index is 12.3. The minimum Gasteiger partial charge on any atom is -0.356 e. The highest BCUT2D eigenvalue weighted by atomic mass is 32.1. The Kier molecular flexibility index (Phi) is 9.01. The molecule has 0 saturated carbocycles. The van der Waals surface area contributed by atoms with Gasteiger partial charge in [-0.25, -0.2) is 0 Å². The summed E-state index contributed by atoms with van der Waals surface area (Å²) in [7, 11) is 1.77. The van der Waals surface area contributed by atoms with Crippen LogP contribution in [0.2, 0.25) is 0 Å². The van der Waals surface area contributed by atoms with Crippen molar-refractivity contribution in [3.05, 3.63) is 57.8 Å². The standard InChI is InChI=1S/C22H32N4OS/c1-5-17(3)26-21(27)19-9-6-8-18(13-19)15-25-22(23-4)24-14-16(2)12-20-10-7-11-28-20/h6-11,13,16-17H,5,12,14-15H2,1-4H3,(H,26,27)(H2,23,24,25). The van der Waals surface area contributed by atoms with Gasteiger partial charge < -0.3 is 16.0 Å². The van der Waals surface area contributed by atoms with Gasteiger partial charge in [0.25, 0.3) is 5.91 Å². The van der Waals surface area contributed by atoms with Crippen LogP contribution in [0.3, 0.4) is 0 Å². The van der Waals surface area contributed by atoms with Crippen molar-refractivity contribution in [1.29, 1.82) is 0 Å². The zero-order valence-electron chi connectivity index (χ0n) is 17.3. The lowest BCUT2D eigenvalue weighted by molar-refractivity contribution is 0.0939. The van der Waals surface area contributed by atoms with Crippen molar-refractivity contribution in [2.45, 2.75) is 46.2 Å². The fourth-order valence-electron chi connectivity index (χ4n) is 2.75. The zero-order valence-corrected chi connectivity index (χ0v) is 18.1.